The summed E-state index contributed by atoms with van der Waals surface area (Å²) in [5, 5.41) is 0.871. The fourth-order valence-corrected chi connectivity index (χ4v) is 3.17. The zero-order chi connectivity index (χ0) is 11.5. The van der Waals surface area contributed by atoms with E-state index < -0.39 is 0 Å². The van der Waals surface area contributed by atoms with Crippen molar-refractivity contribution in [3.05, 3.63) is 33.3 Å². The molecule has 0 N–H and O–H groups in total. The van der Waals surface area contributed by atoms with Crippen molar-refractivity contribution in [2.45, 2.75) is 38.8 Å². The van der Waals surface area contributed by atoms with E-state index in [4.69, 9.17) is 11.6 Å². The lowest BCUT2D eigenvalue weighted by molar-refractivity contribution is 0.240. The molecule has 88 valence electrons. The van der Waals surface area contributed by atoms with Gasteiger partial charge in [0.25, 0.3) is 0 Å². The van der Waals surface area contributed by atoms with Gasteiger partial charge in [-0.1, -0.05) is 40.5 Å². The Morgan fingerprint density at radius 2 is 2.31 bits per heavy atom. The van der Waals surface area contributed by atoms with Crippen LogP contribution < -0.4 is 0 Å². The van der Waals surface area contributed by atoms with Gasteiger partial charge >= 0.3 is 0 Å². The van der Waals surface area contributed by atoms with Gasteiger partial charge in [-0.25, -0.2) is 0 Å². The average molecular weight is 303 g/mol. The van der Waals surface area contributed by atoms with Gasteiger partial charge in [-0.2, -0.15) is 0 Å². The van der Waals surface area contributed by atoms with Crippen LogP contribution in [0, 0.1) is 0 Å². The highest BCUT2D eigenvalue weighted by atomic mass is 79.9. The first kappa shape index (κ1) is 12.4. The summed E-state index contributed by atoms with van der Waals surface area (Å²) >= 11 is 9.68. The van der Waals surface area contributed by atoms with Crippen LogP contribution in [0.4, 0.5) is 0 Å². The predicted molar refractivity (Wildman–Crippen MR) is 72.9 cm³/mol. The van der Waals surface area contributed by atoms with Crippen molar-refractivity contribution >= 4 is 27.5 Å². The molecule has 1 aliphatic heterocycles. The van der Waals surface area contributed by atoms with Gasteiger partial charge in [0.05, 0.1) is 0 Å². The fraction of sp³-hybridized carbons (Fsp3) is 0.538. The largest absolute Gasteiger partial charge is 0.296 e. The lowest BCUT2D eigenvalue weighted by atomic mass is 10.1. The molecule has 1 fully saturated rings. The fourth-order valence-electron chi connectivity index (χ4n) is 2.43. The van der Waals surface area contributed by atoms with E-state index in [1.807, 2.05) is 6.07 Å². The third kappa shape index (κ3) is 2.79. The molecule has 1 nitrogen and oxygen atoms in total. The van der Waals surface area contributed by atoms with Crippen LogP contribution in [0.5, 0.6) is 0 Å². The molecule has 1 heterocycles. The summed E-state index contributed by atoms with van der Waals surface area (Å²) in [4.78, 5) is 2.55. The number of likely N-dealkylation sites (tertiary alicyclic amines) is 1. The first-order valence-corrected chi connectivity index (χ1v) is 7.05. The van der Waals surface area contributed by atoms with Crippen molar-refractivity contribution < 1.29 is 0 Å². The third-order valence-electron chi connectivity index (χ3n) is 3.36. The Balaban J connectivity index is 2.08. The second-order valence-corrected chi connectivity index (χ2v) is 5.73. The molecule has 1 aliphatic rings. The van der Waals surface area contributed by atoms with Gasteiger partial charge in [-0.15, -0.1) is 0 Å². The Labute approximate surface area is 111 Å². The molecule has 0 saturated carbocycles. The van der Waals surface area contributed by atoms with Crippen LogP contribution in [-0.2, 0) is 6.54 Å². The maximum atomic E-state index is 6.24. The topological polar surface area (TPSA) is 3.24 Å². The zero-order valence-corrected chi connectivity index (χ0v) is 11.9. The van der Waals surface area contributed by atoms with E-state index in [2.05, 4.69) is 39.9 Å². The van der Waals surface area contributed by atoms with Gasteiger partial charge in [0.2, 0.25) is 0 Å². The normalized spacial score (nSPS) is 21.6. The lowest BCUT2D eigenvalue weighted by Crippen LogP contribution is -2.28. The first-order chi connectivity index (χ1) is 7.70. The van der Waals surface area contributed by atoms with E-state index in [0.29, 0.717) is 0 Å². The standard InChI is InChI=1S/C13H17BrClN/c1-2-12-4-3-7-16(12)9-10-5-6-11(14)8-13(10)15/h5-6,8,12H,2-4,7,9H2,1H3. The SMILES string of the molecule is CCC1CCCN1Cc1ccc(Br)cc1Cl. The Kier molecular flexibility index (Phi) is 4.28. The highest BCUT2D eigenvalue weighted by Gasteiger charge is 2.23. The van der Waals surface area contributed by atoms with Crippen molar-refractivity contribution in [1.29, 1.82) is 0 Å². The molecule has 1 aromatic rings. The molecule has 0 amide bonds. The molecule has 1 atom stereocenters. The third-order valence-corrected chi connectivity index (χ3v) is 4.20. The predicted octanol–water partition coefficient (Wildman–Crippen LogP) is 4.48. The number of hydrogen-bond acceptors (Lipinski definition) is 1. The van der Waals surface area contributed by atoms with E-state index in [9.17, 15) is 0 Å². The summed E-state index contributed by atoms with van der Waals surface area (Å²) in [7, 11) is 0. The number of benzene rings is 1. The first-order valence-electron chi connectivity index (χ1n) is 5.88. The van der Waals surface area contributed by atoms with Gasteiger partial charge in [0.15, 0.2) is 0 Å². The lowest BCUT2D eigenvalue weighted by Gasteiger charge is -2.23. The van der Waals surface area contributed by atoms with E-state index in [1.54, 1.807) is 0 Å². The van der Waals surface area contributed by atoms with Crippen LogP contribution in [0.1, 0.15) is 31.7 Å². The molecular formula is C13H17BrClN. The second-order valence-electron chi connectivity index (χ2n) is 4.41. The van der Waals surface area contributed by atoms with E-state index in [1.165, 1.54) is 31.4 Å². The Bertz CT molecular complexity index is 367. The monoisotopic (exact) mass is 301 g/mol. The van der Waals surface area contributed by atoms with Crippen molar-refractivity contribution in [1.82, 2.24) is 4.90 Å². The van der Waals surface area contributed by atoms with Crippen molar-refractivity contribution in [3.8, 4) is 0 Å². The molecule has 3 heteroatoms. The highest BCUT2D eigenvalue weighted by Crippen LogP contribution is 2.27. The molecule has 1 saturated heterocycles. The molecule has 16 heavy (non-hydrogen) atoms. The number of nitrogens with zero attached hydrogens (tertiary/aromatic N) is 1. The minimum absolute atomic E-state index is 0.750. The van der Waals surface area contributed by atoms with Crippen LogP contribution in [0.15, 0.2) is 22.7 Å². The zero-order valence-electron chi connectivity index (χ0n) is 9.55. The van der Waals surface area contributed by atoms with E-state index in [0.717, 1.165) is 22.1 Å². The van der Waals surface area contributed by atoms with Crippen LogP contribution >= 0.6 is 27.5 Å². The summed E-state index contributed by atoms with van der Waals surface area (Å²) in [6.07, 6.45) is 3.91. The number of rotatable bonds is 3. The molecule has 0 bridgehead atoms. The van der Waals surface area contributed by atoms with Crippen molar-refractivity contribution in [3.63, 3.8) is 0 Å². The summed E-state index contributed by atoms with van der Waals surface area (Å²) in [6, 6.07) is 6.92. The number of hydrogen-bond donors (Lipinski definition) is 0. The molecule has 1 aromatic carbocycles. The molecule has 0 spiro atoms. The quantitative estimate of drug-likeness (QED) is 0.796. The smallest absolute Gasteiger partial charge is 0.0462 e. The Morgan fingerprint density at radius 1 is 1.50 bits per heavy atom. The minimum atomic E-state index is 0.750. The van der Waals surface area contributed by atoms with Crippen molar-refractivity contribution in [2.75, 3.05) is 6.54 Å². The van der Waals surface area contributed by atoms with Crippen LogP contribution in [0.2, 0.25) is 5.02 Å². The molecule has 0 aromatic heterocycles. The van der Waals surface area contributed by atoms with Gasteiger partial charge in [0, 0.05) is 22.1 Å². The van der Waals surface area contributed by atoms with Gasteiger partial charge < -0.3 is 0 Å². The summed E-state index contributed by atoms with van der Waals surface area (Å²) in [6.45, 7) is 4.47. The molecular weight excluding hydrogens is 286 g/mol. The Hall–Kier alpha value is -0.0500. The number of halogens is 2. The summed E-state index contributed by atoms with van der Waals surface area (Å²) < 4.78 is 1.05. The maximum absolute atomic E-state index is 6.24. The molecule has 0 radical (unpaired) electrons. The van der Waals surface area contributed by atoms with Crippen LogP contribution in [0.3, 0.4) is 0 Å². The van der Waals surface area contributed by atoms with E-state index in [-0.39, 0.29) is 0 Å². The van der Waals surface area contributed by atoms with Gasteiger partial charge in [-0.3, -0.25) is 4.90 Å². The maximum Gasteiger partial charge on any atom is 0.0462 e. The highest BCUT2D eigenvalue weighted by molar-refractivity contribution is 9.10. The van der Waals surface area contributed by atoms with Gasteiger partial charge in [0.1, 0.15) is 0 Å². The summed E-state index contributed by atoms with van der Waals surface area (Å²) in [5.41, 5.74) is 1.24. The molecule has 0 aliphatic carbocycles. The van der Waals surface area contributed by atoms with Crippen LogP contribution in [-0.4, -0.2) is 17.5 Å². The Morgan fingerprint density at radius 3 is 3.00 bits per heavy atom. The average Bonchev–Trinajstić information content (AvgIpc) is 2.69. The minimum Gasteiger partial charge on any atom is -0.296 e. The van der Waals surface area contributed by atoms with Crippen LogP contribution in [0.25, 0.3) is 0 Å². The molecule has 2 rings (SSSR count). The van der Waals surface area contributed by atoms with E-state index >= 15 is 0 Å². The van der Waals surface area contributed by atoms with Crippen molar-refractivity contribution in [2.24, 2.45) is 0 Å². The second kappa shape index (κ2) is 5.52. The summed E-state index contributed by atoms with van der Waals surface area (Å²) in [5.74, 6) is 0. The molecule has 1 unspecified atom stereocenters. The van der Waals surface area contributed by atoms with Gasteiger partial charge in [-0.05, 0) is 43.5 Å².